The van der Waals surface area contributed by atoms with Gasteiger partial charge in [0.2, 0.25) is 0 Å². The number of carbonyl (C=O) groups excluding carboxylic acids is 1. The standard InChI is InChI=1S/C23H23N3O4/c1-16-12-18(4-7-22(16)27)21-13-20(24-15-25-21)17-2-5-19(6-3-17)30-14-23(28)26-8-10-29-11-9-26/h2-7,12-13,15,27H,8-11,14H2,1H3. The van der Waals surface area contributed by atoms with Gasteiger partial charge in [-0.15, -0.1) is 0 Å². The quantitative estimate of drug-likeness (QED) is 0.702. The van der Waals surface area contributed by atoms with Crippen molar-refractivity contribution < 1.29 is 19.4 Å². The summed E-state index contributed by atoms with van der Waals surface area (Å²) in [5, 5.41) is 9.73. The zero-order valence-corrected chi connectivity index (χ0v) is 16.7. The van der Waals surface area contributed by atoms with Gasteiger partial charge < -0.3 is 19.5 Å². The van der Waals surface area contributed by atoms with Gasteiger partial charge in [-0.1, -0.05) is 0 Å². The summed E-state index contributed by atoms with van der Waals surface area (Å²) in [5.74, 6) is 0.853. The third-order valence-corrected chi connectivity index (χ3v) is 5.04. The molecule has 7 heteroatoms. The molecule has 0 unspecified atom stereocenters. The van der Waals surface area contributed by atoms with Gasteiger partial charge in [0.1, 0.15) is 17.8 Å². The van der Waals surface area contributed by atoms with E-state index in [9.17, 15) is 9.90 Å². The van der Waals surface area contributed by atoms with Crippen molar-refractivity contribution in [3.63, 3.8) is 0 Å². The molecule has 1 aliphatic rings. The Hall–Kier alpha value is -3.45. The van der Waals surface area contributed by atoms with E-state index in [-0.39, 0.29) is 18.3 Å². The van der Waals surface area contributed by atoms with Crippen LogP contribution >= 0.6 is 0 Å². The first-order chi connectivity index (χ1) is 14.6. The molecule has 0 radical (unpaired) electrons. The summed E-state index contributed by atoms with van der Waals surface area (Å²) in [6.45, 7) is 4.23. The summed E-state index contributed by atoms with van der Waals surface area (Å²) in [7, 11) is 0. The van der Waals surface area contributed by atoms with Gasteiger partial charge in [-0.05, 0) is 61.0 Å². The van der Waals surface area contributed by atoms with E-state index in [1.165, 1.54) is 6.33 Å². The molecule has 2 heterocycles. The minimum atomic E-state index is -0.0352. The average Bonchev–Trinajstić information content (AvgIpc) is 2.80. The highest BCUT2D eigenvalue weighted by atomic mass is 16.5. The second-order valence-corrected chi connectivity index (χ2v) is 7.10. The lowest BCUT2D eigenvalue weighted by molar-refractivity contribution is -0.137. The number of hydrogen-bond acceptors (Lipinski definition) is 6. The molecule has 2 aromatic carbocycles. The molecule has 0 atom stereocenters. The van der Waals surface area contributed by atoms with Gasteiger partial charge >= 0.3 is 0 Å². The molecule has 0 aliphatic carbocycles. The fraction of sp³-hybridized carbons (Fsp3) is 0.261. The van der Waals surface area contributed by atoms with Crippen LogP contribution in [0.1, 0.15) is 5.56 Å². The van der Waals surface area contributed by atoms with Crippen molar-refractivity contribution in [2.45, 2.75) is 6.92 Å². The molecular formula is C23H23N3O4. The second-order valence-electron chi connectivity index (χ2n) is 7.10. The first-order valence-electron chi connectivity index (χ1n) is 9.81. The number of ether oxygens (including phenoxy) is 2. The molecule has 0 saturated carbocycles. The lowest BCUT2D eigenvalue weighted by atomic mass is 10.1. The molecule has 1 N–H and O–H groups in total. The molecule has 30 heavy (non-hydrogen) atoms. The van der Waals surface area contributed by atoms with Crippen molar-refractivity contribution in [1.82, 2.24) is 14.9 Å². The number of phenolic OH excluding ortho intramolecular Hbond substituents is 1. The zero-order chi connectivity index (χ0) is 20.9. The van der Waals surface area contributed by atoms with Crippen LogP contribution in [0.15, 0.2) is 54.9 Å². The summed E-state index contributed by atoms with van der Waals surface area (Å²) in [5.41, 5.74) is 4.18. The Labute approximate surface area is 174 Å². The maximum atomic E-state index is 12.2. The summed E-state index contributed by atoms with van der Waals surface area (Å²) >= 11 is 0. The normalized spacial score (nSPS) is 13.8. The van der Waals surface area contributed by atoms with Crippen LogP contribution in [0.2, 0.25) is 0 Å². The molecule has 0 bridgehead atoms. The van der Waals surface area contributed by atoms with Crippen LogP contribution < -0.4 is 4.74 Å². The van der Waals surface area contributed by atoms with Crippen LogP contribution in [-0.4, -0.2) is 58.8 Å². The number of phenols is 1. The SMILES string of the molecule is Cc1cc(-c2cc(-c3ccc(OCC(=O)N4CCOCC4)cc3)ncn2)ccc1O. The van der Waals surface area contributed by atoms with Gasteiger partial charge in [0, 0.05) is 24.2 Å². The number of amides is 1. The Morgan fingerprint density at radius 1 is 1.03 bits per heavy atom. The summed E-state index contributed by atoms with van der Waals surface area (Å²) in [6, 6.07) is 14.8. The Balaban J connectivity index is 1.43. The highest BCUT2D eigenvalue weighted by molar-refractivity contribution is 5.78. The number of aromatic hydroxyl groups is 1. The summed E-state index contributed by atoms with van der Waals surface area (Å²) < 4.78 is 10.9. The minimum absolute atomic E-state index is 0.0111. The number of carbonyl (C=O) groups is 1. The van der Waals surface area contributed by atoms with Crippen molar-refractivity contribution in [3.05, 3.63) is 60.4 Å². The lowest BCUT2D eigenvalue weighted by Gasteiger charge is -2.26. The lowest BCUT2D eigenvalue weighted by Crippen LogP contribution is -2.42. The number of nitrogens with zero attached hydrogens (tertiary/aromatic N) is 3. The fourth-order valence-corrected chi connectivity index (χ4v) is 3.26. The number of rotatable bonds is 5. The Kier molecular flexibility index (Phi) is 5.90. The van der Waals surface area contributed by atoms with Crippen LogP contribution in [0.5, 0.6) is 11.5 Å². The van der Waals surface area contributed by atoms with E-state index in [0.717, 1.165) is 28.1 Å². The monoisotopic (exact) mass is 405 g/mol. The molecule has 7 nitrogen and oxygen atoms in total. The molecule has 3 aromatic rings. The van der Waals surface area contributed by atoms with Gasteiger partial charge in [-0.2, -0.15) is 0 Å². The van der Waals surface area contributed by atoms with Gasteiger partial charge in [0.25, 0.3) is 5.91 Å². The minimum Gasteiger partial charge on any atom is -0.508 e. The number of morpholine rings is 1. The van der Waals surface area contributed by atoms with Gasteiger partial charge in [0.15, 0.2) is 6.61 Å². The van der Waals surface area contributed by atoms with E-state index < -0.39 is 0 Å². The smallest absolute Gasteiger partial charge is 0.260 e. The molecule has 1 fully saturated rings. The number of hydrogen-bond donors (Lipinski definition) is 1. The summed E-state index contributed by atoms with van der Waals surface area (Å²) in [6.07, 6.45) is 1.53. The van der Waals surface area contributed by atoms with Crippen LogP contribution in [0.4, 0.5) is 0 Å². The second kappa shape index (κ2) is 8.92. The third-order valence-electron chi connectivity index (χ3n) is 5.04. The van der Waals surface area contributed by atoms with E-state index in [1.54, 1.807) is 11.0 Å². The summed E-state index contributed by atoms with van der Waals surface area (Å²) in [4.78, 5) is 22.7. The number of aryl methyl sites for hydroxylation is 1. The molecule has 154 valence electrons. The molecular weight excluding hydrogens is 382 g/mol. The maximum absolute atomic E-state index is 12.2. The molecule has 1 aromatic heterocycles. The van der Waals surface area contributed by atoms with E-state index in [0.29, 0.717) is 32.1 Å². The van der Waals surface area contributed by atoms with Crippen molar-refractivity contribution in [1.29, 1.82) is 0 Å². The first-order valence-corrected chi connectivity index (χ1v) is 9.81. The van der Waals surface area contributed by atoms with Crippen molar-refractivity contribution >= 4 is 5.91 Å². The van der Waals surface area contributed by atoms with Crippen LogP contribution in [0.3, 0.4) is 0 Å². The predicted molar refractivity (Wildman–Crippen MR) is 112 cm³/mol. The zero-order valence-electron chi connectivity index (χ0n) is 16.7. The topological polar surface area (TPSA) is 84.8 Å². The molecule has 1 saturated heterocycles. The van der Waals surface area contributed by atoms with Gasteiger partial charge in [-0.25, -0.2) is 9.97 Å². The predicted octanol–water partition coefficient (Wildman–Crippen LogP) is 3.06. The number of benzene rings is 2. The van der Waals surface area contributed by atoms with E-state index in [2.05, 4.69) is 9.97 Å². The van der Waals surface area contributed by atoms with E-state index >= 15 is 0 Å². The van der Waals surface area contributed by atoms with Crippen LogP contribution in [0, 0.1) is 6.92 Å². The Morgan fingerprint density at radius 3 is 2.40 bits per heavy atom. The van der Waals surface area contributed by atoms with E-state index in [4.69, 9.17) is 9.47 Å². The van der Waals surface area contributed by atoms with Gasteiger partial charge in [0.05, 0.1) is 24.6 Å². The third kappa shape index (κ3) is 4.58. The highest BCUT2D eigenvalue weighted by Gasteiger charge is 2.17. The van der Waals surface area contributed by atoms with Gasteiger partial charge in [-0.3, -0.25) is 4.79 Å². The van der Waals surface area contributed by atoms with Crippen LogP contribution in [0.25, 0.3) is 22.5 Å². The molecule has 4 rings (SSSR count). The van der Waals surface area contributed by atoms with Crippen molar-refractivity contribution in [3.8, 4) is 34.0 Å². The Bertz CT molecular complexity index is 1030. The largest absolute Gasteiger partial charge is 0.508 e. The molecule has 0 spiro atoms. The number of aromatic nitrogens is 2. The first kappa shape index (κ1) is 19.8. The highest BCUT2D eigenvalue weighted by Crippen LogP contribution is 2.27. The maximum Gasteiger partial charge on any atom is 0.260 e. The van der Waals surface area contributed by atoms with Crippen molar-refractivity contribution in [2.24, 2.45) is 0 Å². The molecule has 1 aliphatic heterocycles. The van der Waals surface area contributed by atoms with E-state index in [1.807, 2.05) is 49.4 Å². The average molecular weight is 405 g/mol. The Morgan fingerprint density at radius 2 is 1.70 bits per heavy atom. The fourth-order valence-electron chi connectivity index (χ4n) is 3.26. The van der Waals surface area contributed by atoms with Crippen LogP contribution in [-0.2, 0) is 9.53 Å². The molecule has 1 amide bonds. The van der Waals surface area contributed by atoms with Crippen molar-refractivity contribution in [2.75, 3.05) is 32.9 Å².